The molecule has 160 valence electrons. The average molecular weight is 412 g/mol. The van der Waals surface area contributed by atoms with Gasteiger partial charge in [-0.1, -0.05) is 0 Å². The van der Waals surface area contributed by atoms with Crippen molar-refractivity contribution in [3.05, 3.63) is 40.3 Å². The van der Waals surface area contributed by atoms with Crippen LogP contribution in [0.3, 0.4) is 0 Å². The summed E-state index contributed by atoms with van der Waals surface area (Å²) < 4.78 is 6.85. The minimum atomic E-state index is -0.616. The molecular formula is C21H28N6O3. The first-order valence-corrected chi connectivity index (χ1v) is 9.78. The summed E-state index contributed by atoms with van der Waals surface area (Å²) in [5.41, 5.74) is 0.607. The van der Waals surface area contributed by atoms with E-state index < -0.39 is 11.7 Å². The van der Waals surface area contributed by atoms with Gasteiger partial charge in [-0.25, -0.2) is 9.48 Å². The molecule has 3 aromatic rings. The van der Waals surface area contributed by atoms with Crippen molar-refractivity contribution < 1.29 is 9.53 Å². The monoisotopic (exact) mass is 412 g/mol. The Morgan fingerprint density at radius 3 is 2.50 bits per heavy atom. The lowest BCUT2D eigenvalue weighted by Crippen LogP contribution is -2.34. The van der Waals surface area contributed by atoms with Crippen LogP contribution in [-0.2, 0) is 4.74 Å². The summed E-state index contributed by atoms with van der Waals surface area (Å²) in [5.74, 6) is 1.11. The fourth-order valence-corrected chi connectivity index (χ4v) is 2.94. The van der Waals surface area contributed by atoms with Crippen LogP contribution in [0.15, 0.2) is 29.1 Å². The van der Waals surface area contributed by atoms with Gasteiger partial charge in [-0.2, -0.15) is 10.2 Å². The van der Waals surface area contributed by atoms with Crippen molar-refractivity contribution in [2.24, 2.45) is 0 Å². The molecule has 0 unspecified atom stereocenters. The quantitative estimate of drug-likeness (QED) is 0.668. The molecule has 2 N–H and O–H groups in total. The number of rotatable bonds is 4. The molecule has 0 bridgehead atoms. The molecule has 0 spiro atoms. The van der Waals surface area contributed by atoms with Gasteiger partial charge >= 0.3 is 6.09 Å². The van der Waals surface area contributed by atoms with Gasteiger partial charge < -0.3 is 10.1 Å². The normalized spacial score (nSPS) is 11.7. The highest BCUT2D eigenvalue weighted by atomic mass is 16.6. The number of amides is 1. The summed E-state index contributed by atoms with van der Waals surface area (Å²) in [6, 6.07) is 6.92. The van der Waals surface area contributed by atoms with E-state index in [1.165, 1.54) is 9.58 Å². The summed E-state index contributed by atoms with van der Waals surface area (Å²) in [6.45, 7) is 11.1. The summed E-state index contributed by atoms with van der Waals surface area (Å²) in [7, 11) is 1.61. The third-order valence-electron chi connectivity index (χ3n) is 4.40. The third kappa shape index (κ3) is 4.45. The van der Waals surface area contributed by atoms with Gasteiger partial charge in [-0.05, 0) is 59.7 Å². The van der Waals surface area contributed by atoms with E-state index in [2.05, 4.69) is 20.6 Å². The first kappa shape index (κ1) is 21.4. The topological polar surface area (TPSA) is 105 Å². The number of carbonyl (C=O) groups is 1. The van der Waals surface area contributed by atoms with Crippen LogP contribution in [0.1, 0.15) is 46.4 Å². The van der Waals surface area contributed by atoms with E-state index in [1.807, 2.05) is 26.8 Å². The van der Waals surface area contributed by atoms with Crippen molar-refractivity contribution >= 4 is 34.2 Å². The van der Waals surface area contributed by atoms with Crippen molar-refractivity contribution in [3.63, 3.8) is 0 Å². The van der Waals surface area contributed by atoms with Gasteiger partial charge in [0.1, 0.15) is 5.60 Å². The largest absolute Gasteiger partial charge is 0.443 e. The maximum absolute atomic E-state index is 13.1. The molecule has 0 aliphatic heterocycles. The lowest BCUT2D eigenvalue weighted by Gasteiger charge is -2.25. The van der Waals surface area contributed by atoms with Crippen molar-refractivity contribution in [1.29, 1.82) is 0 Å². The van der Waals surface area contributed by atoms with Crippen LogP contribution in [0.2, 0.25) is 0 Å². The number of aromatic nitrogens is 4. The number of aromatic amines is 1. The molecule has 0 radical (unpaired) electrons. The molecule has 0 saturated heterocycles. The highest BCUT2D eigenvalue weighted by Gasteiger charge is 2.22. The molecule has 30 heavy (non-hydrogen) atoms. The molecule has 1 aromatic carbocycles. The van der Waals surface area contributed by atoms with Gasteiger partial charge in [0.2, 0.25) is 0 Å². The number of aryl methyl sites for hydroxylation is 1. The molecule has 0 aliphatic rings. The Bertz CT molecular complexity index is 1140. The number of fused-ring (bicyclic) bond motifs is 1. The fraction of sp³-hybridized carbons (Fsp3) is 0.429. The highest BCUT2D eigenvalue weighted by molar-refractivity contribution is 5.97. The zero-order valence-electron chi connectivity index (χ0n) is 18.4. The average Bonchev–Trinajstić information content (AvgIpc) is 3.06. The molecule has 9 heteroatoms. The second-order valence-electron chi connectivity index (χ2n) is 8.52. The van der Waals surface area contributed by atoms with E-state index in [-0.39, 0.29) is 11.6 Å². The van der Waals surface area contributed by atoms with Crippen LogP contribution >= 0.6 is 0 Å². The Balaban J connectivity index is 2.10. The number of ether oxygens (including phenoxy) is 1. The van der Waals surface area contributed by atoms with Crippen LogP contribution in [0.5, 0.6) is 0 Å². The summed E-state index contributed by atoms with van der Waals surface area (Å²) in [5, 5.41) is 15.8. The van der Waals surface area contributed by atoms with Crippen LogP contribution in [0.4, 0.5) is 22.1 Å². The highest BCUT2D eigenvalue weighted by Crippen LogP contribution is 2.27. The molecule has 3 rings (SSSR count). The first-order valence-electron chi connectivity index (χ1n) is 9.78. The molecular weight excluding hydrogens is 384 g/mol. The first-order chi connectivity index (χ1) is 14.0. The van der Waals surface area contributed by atoms with Crippen LogP contribution in [-0.4, -0.2) is 38.7 Å². The Morgan fingerprint density at radius 1 is 1.23 bits per heavy atom. The molecule has 0 fully saturated rings. The molecule has 2 heterocycles. The second kappa shape index (κ2) is 7.81. The molecule has 0 saturated carbocycles. The maximum Gasteiger partial charge on any atom is 0.414 e. The number of hydrogen-bond acceptors (Lipinski definition) is 6. The van der Waals surface area contributed by atoms with Crippen LogP contribution < -0.4 is 15.8 Å². The number of nitrogens with one attached hydrogen (secondary N) is 2. The van der Waals surface area contributed by atoms with Crippen molar-refractivity contribution in [1.82, 2.24) is 20.0 Å². The van der Waals surface area contributed by atoms with Gasteiger partial charge in [0, 0.05) is 29.9 Å². The van der Waals surface area contributed by atoms with Gasteiger partial charge in [0.15, 0.2) is 11.6 Å². The van der Waals surface area contributed by atoms with Gasteiger partial charge in [0.25, 0.3) is 5.56 Å². The molecule has 1 amide bonds. The number of carbonyl (C=O) groups excluding carboxylic acids is 1. The van der Waals surface area contributed by atoms with Crippen molar-refractivity contribution in [2.75, 3.05) is 17.3 Å². The van der Waals surface area contributed by atoms with E-state index in [0.29, 0.717) is 28.1 Å². The Morgan fingerprint density at radius 2 is 1.93 bits per heavy atom. The number of benzene rings is 1. The standard InChI is InChI=1S/C21H28N6O3/c1-12(2)27-19(28)16-11-14(26(7)20(29)30-21(4,5)6)8-9-15(16)18(25-27)22-17-10-13(3)23-24-17/h8-12H,1-7H3,(H2,22,23,24,25). The SMILES string of the molecule is Cc1cc(Nc2nn(C(C)C)c(=O)c3cc(N(C)C(=O)OC(C)(C)C)ccc23)n[nH]1. The maximum atomic E-state index is 13.1. The summed E-state index contributed by atoms with van der Waals surface area (Å²) >= 11 is 0. The third-order valence-corrected chi connectivity index (χ3v) is 4.40. The zero-order chi connectivity index (χ0) is 22.2. The number of H-pyrrole nitrogens is 1. The fourth-order valence-electron chi connectivity index (χ4n) is 2.94. The number of nitrogens with zero attached hydrogens (tertiary/aromatic N) is 4. The minimum absolute atomic E-state index is 0.143. The predicted octanol–water partition coefficient (Wildman–Crippen LogP) is 4.12. The number of anilines is 3. The molecule has 0 aliphatic carbocycles. The summed E-state index contributed by atoms with van der Waals surface area (Å²) in [4.78, 5) is 26.9. The van der Waals surface area contributed by atoms with Gasteiger partial charge in [-0.15, -0.1) is 0 Å². The Kier molecular flexibility index (Phi) is 5.56. The van der Waals surface area contributed by atoms with Crippen LogP contribution in [0.25, 0.3) is 10.8 Å². The van der Waals surface area contributed by atoms with Gasteiger partial charge in [0.05, 0.1) is 11.4 Å². The van der Waals surface area contributed by atoms with Gasteiger partial charge in [-0.3, -0.25) is 14.8 Å². The summed E-state index contributed by atoms with van der Waals surface area (Å²) in [6.07, 6.45) is -0.495. The van der Waals surface area contributed by atoms with E-state index >= 15 is 0 Å². The Hall–Kier alpha value is -3.36. The predicted molar refractivity (Wildman–Crippen MR) is 118 cm³/mol. The van der Waals surface area contributed by atoms with E-state index in [0.717, 1.165) is 5.69 Å². The molecule has 2 aromatic heterocycles. The van der Waals surface area contributed by atoms with Crippen LogP contribution in [0, 0.1) is 6.92 Å². The van der Waals surface area contributed by atoms with Crippen molar-refractivity contribution in [2.45, 2.75) is 53.2 Å². The second-order valence-corrected chi connectivity index (χ2v) is 8.52. The minimum Gasteiger partial charge on any atom is -0.443 e. The van der Waals surface area contributed by atoms with E-state index in [1.54, 1.807) is 46.0 Å². The lowest BCUT2D eigenvalue weighted by atomic mass is 10.1. The smallest absolute Gasteiger partial charge is 0.414 e. The lowest BCUT2D eigenvalue weighted by molar-refractivity contribution is 0.0589. The zero-order valence-corrected chi connectivity index (χ0v) is 18.4. The van der Waals surface area contributed by atoms with E-state index in [4.69, 9.17) is 4.74 Å². The molecule has 0 atom stereocenters. The molecule has 9 nitrogen and oxygen atoms in total. The number of hydrogen-bond donors (Lipinski definition) is 2. The van der Waals surface area contributed by atoms with Crippen molar-refractivity contribution in [3.8, 4) is 0 Å². The van der Waals surface area contributed by atoms with E-state index in [9.17, 15) is 9.59 Å². The Labute approximate surface area is 175 Å².